The number of anilines is 1. The van der Waals surface area contributed by atoms with Crippen molar-refractivity contribution in [3.05, 3.63) is 65.7 Å². The van der Waals surface area contributed by atoms with Crippen molar-refractivity contribution in [1.82, 2.24) is 25.5 Å². The minimum absolute atomic E-state index is 0.123. The zero-order chi connectivity index (χ0) is 17.6. The van der Waals surface area contributed by atoms with Crippen molar-refractivity contribution in [3.8, 4) is 5.69 Å². The van der Waals surface area contributed by atoms with Gasteiger partial charge in [-0.15, -0.1) is 0 Å². The molecule has 0 aliphatic rings. The fourth-order valence-corrected chi connectivity index (χ4v) is 2.33. The van der Waals surface area contributed by atoms with E-state index in [1.165, 1.54) is 0 Å². The SMILES string of the molecule is Cc1ccc(-n2nnnc2NC(C)C(=O)NCc2ccccc2)cc1. The third-order valence-corrected chi connectivity index (χ3v) is 3.80. The van der Waals surface area contributed by atoms with Crippen molar-refractivity contribution in [2.75, 3.05) is 5.32 Å². The Morgan fingerprint density at radius 2 is 1.84 bits per heavy atom. The lowest BCUT2D eigenvalue weighted by molar-refractivity contribution is -0.121. The molecule has 2 aromatic carbocycles. The van der Waals surface area contributed by atoms with Gasteiger partial charge in [0.2, 0.25) is 11.9 Å². The zero-order valence-electron chi connectivity index (χ0n) is 14.2. The number of rotatable bonds is 6. The molecule has 2 N–H and O–H groups in total. The summed E-state index contributed by atoms with van der Waals surface area (Å²) < 4.78 is 1.57. The van der Waals surface area contributed by atoms with Gasteiger partial charge in [0.15, 0.2) is 0 Å². The number of amides is 1. The van der Waals surface area contributed by atoms with Crippen LogP contribution >= 0.6 is 0 Å². The van der Waals surface area contributed by atoms with Crippen LogP contribution in [0.4, 0.5) is 5.95 Å². The lowest BCUT2D eigenvalue weighted by Gasteiger charge is -2.14. The second kappa shape index (κ2) is 7.57. The standard InChI is InChI=1S/C18H20N6O/c1-13-8-10-16(11-9-13)24-18(21-22-23-24)20-14(2)17(25)19-12-15-6-4-3-5-7-15/h3-11,14H,12H2,1-2H3,(H,19,25)(H,20,21,23). The predicted octanol–water partition coefficient (Wildman–Crippen LogP) is 2.09. The van der Waals surface area contributed by atoms with Gasteiger partial charge in [-0.2, -0.15) is 4.68 Å². The van der Waals surface area contributed by atoms with Crippen molar-refractivity contribution in [2.45, 2.75) is 26.4 Å². The fourth-order valence-electron chi connectivity index (χ4n) is 2.33. The van der Waals surface area contributed by atoms with E-state index in [0.717, 1.165) is 16.8 Å². The van der Waals surface area contributed by atoms with E-state index >= 15 is 0 Å². The molecule has 3 rings (SSSR count). The Morgan fingerprint density at radius 1 is 1.12 bits per heavy atom. The molecule has 25 heavy (non-hydrogen) atoms. The predicted molar refractivity (Wildman–Crippen MR) is 95.3 cm³/mol. The smallest absolute Gasteiger partial charge is 0.248 e. The number of carbonyl (C=O) groups is 1. The van der Waals surface area contributed by atoms with Crippen LogP contribution < -0.4 is 10.6 Å². The van der Waals surface area contributed by atoms with Gasteiger partial charge in [0.05, 0.1) is 5.69 Å². The molecule has 128 valence electrons. The Hall–Kier alpha value is -3.22. The summed E-state index contributed by atoms with van der Waals surface area (Å²) in [4.78, 5) is 12.3. The van der Waals surface area contributed by atoms with E-state index in [4.69, 9.17) is 0 Å². The van der Waals surface area contributed by atoms with Crippen LogP contribution in [-0.2, 0) is 11.3 Å². The van der Waals surface area contributed by atoms with Gasteiger partial charge in [-0.25, -0.2) is 0 Å². The van der Waals surface area contributed by atoms with Crippen molar-refractivity contribution >= 4 is 11.9 Å². The number of benzene rings is 2. The zero-order valence-corrected chi connectivity index (χ0v) is 14.2. The Labute approximate surface area is 146 Å². The summed E-state index contributed by atoms with van der Waals surface area (Å²) in [6, 6.07) is 17.1. The molecular formula is C18H20N6O. The van der Waals surface area contributed by atoms with Crippen LogP contribution in [0.5, 0.6) is 0 Å². The Balaban J connectivity index is 1.63. The largest absolute Gasteiger partial charge is 0.350 e. The van der Waals surface area contributed by atoms with Gasteiger partial charge >= 0.3 is 0 Å². The molecule has 7 nitrogen and oxygen atoms in total. The number of nitrogens with one attached hydrogen (secondary N) is 2. The Bertz CT molecular complexity index is 828. The van der Waals surface area contributed by atoms with Gasteiger partial charge in [0.1, 0.15) is 6.04 Å². The van der Waals surface area contributed by atoms with E-state index < -0.39 is 6.04 Å². The highest BCUT2D eigenvalue weighted by Gasteiger charge is 2.16. The van der Waals surface area contributed by atoms with E-state index in [1.54, 1.807) is 11.6 Å². The summed E-state index contributed by atoms with van der Waals surface area (Å²) in [5.41, 5.74) is 3.03. The summed E-state index contributed by atoms with van der Waals surface area (Å²) in [6.07, 6.45) is 0. The molecule has 0 fully saturated rings. The molecule has 1 heterocycles. The third-order valence-electron chi connectivity index (χ3n) is 3.80. The first-order chi connectivity index (χ1) is 12.1. The molecule has 3 aromatic rings. The summed E-state index contributed by atoms with van der Waals surface area (Å²) in [6.45, 7) is 4.27. The number of nitrogens with zero attached hydrogens (tertiary/aromatic N) is 4. The molecule has 0 bridgehead atoms. The van der Waals surface area contributed by atoms with Gasteiger partial charge in [0.25, 0.3) is 0 Å². The number of hydrogen-bond acceptors (Lipinski definition) is 5. The van der Waals surface area contributed by atoms with E-state index in [0.29, 0.717) is 12.5 Å². The number of tetrazole rings is 1. The van der Waals surface area contributed by atoms with Crippen LogP contribution in [0.25, 0.3) is 5.69 Å². The molecule has 7 heteroatoms. The average Bonchev–Trinajstić information content (AvgIpc) is 3.09. The topological polar surface area (TPSA) is 84.7 Å². The second-order valence-electron chi connectivity index (χ2n) is 5.82. The molecule has 1 unspecified atom stereocenters. The van der Waals surface area contributed by atoms with Crippen LogP contribution in [0.3, 0.4) is 0 Å². The quantitative estimate of drug-likeness (QED) is 0.720. The van der Waals surface area contributed by atoms with Gasteiger partial charge in [0, 0.05) is 6.54 Å². The third kappa shape index (κ3) is 4.20. The van der Waals surface area contributed by atoms with Crippen LogP contribution in [-0.4, -0.2) is 32.2 Å². The minimum Gasteiger partial charge on any atom is -0.350 e. The molecule has 1 atom stereocenters. The van der Waals surface area contributed by atoms with E-state index in [1.807, 2.05) is 61.5 Å². The summed E-state index contributed by atoms with van der Waals surface area (Å²) >= 11 is 0. The fraction of sp³-hybridized carbons (Fsp3) is 0.222. The lowest BCUT2D eigenvalue weighted by atomic mass is 10.2. The number of carbonyl (C=O) groups excluding carboxylic acids is 1. The molecule has 1 aromatic heterocycles. The normalized spacial score (nSPS) is 11.8. The highest BCUT2D eigenvalue weighted by molar-refractivity contribution is 5.83. The molecule has 0 radical (unpaired) electrons. The van der Waals surface area contributed by atoms with Crippen molar-refractivity contribution in [3.63, 3.8) is 0 Å². The van der Waals surface area contributed by atoms with Crippen molar-refractivity contribution in [2.24, 2.45) is 0 Å². The summed E-state index contributed by atoms with van der Waals surface area (Å²) in [5.74, 6) is 0.300. The van der Waals surface area contributed by atoms with Gasteiger partial charge < -0.3 is 10.6 Å². The van der Waals surface area contributed by atoms with E-state index in [9.17, 15) is 4.79 Å². The minimum atomic E-state index is -0.473. The van der Waals surface area contributed by atoms with E-state index in [2.05, 4.69) is 26.2 Å². The molecule has 0 saturated heterocycles. The average molecular weight is 336 g/mol. The number of aryl methyl sites for hydroxylation is 1. The van der Waals surface area contributed by atoms with Gasteiger partial charge in [-0.05, 0) is 42.0 Å². The highest BCUT2D eigenvalue weighted by atomic mass is 16.2. The monoisotopic (exact) mass is 336 g/mol. The van der Waals surface area contributed by atoms with Crippen molar-refractivity contribution < 1.29 is 4.79 Å². The highest BCUT2D eigenvalue weighted by Crippen LogP contribution is 2.13. The molecule has 0 saturated carbocycles. The number of hydrogen-bond donors (Lipinski definition) is 2. The molecule has 0 aliphatic carbocycles. The Morgan fingerprint density at radius 3 is 2.56 bits per heavy atom. The maximum atomic E-state index is 12.3. The van der Waals surface area contributed by atoms with Gasteiger partial charge in [-0.1, -0.05) is 53.1 Å². The van der Waals surface area contributed by atoms with Crippen LogP contribution in [0.2, 0.25) is 0 Å². The molecule has 0 aliphatic heterocycles. The molecule has 1 amide bonds. The summed E-state index contributed by atoms with van der Waals surface area (Å²) in [7, 11) is 0. The van der Waals surface area contributed by atoms with Crippen LogP contribution in [0.1, 0.15) is 18.1 Å². The maximum absolute atomic E-state index is 12.3. The first-order valence-electron chi connectivity index (χ1n) is 8.07. The number of aromatic nitrogens is 4. The van der Waals surface area contributed by atoms with Crippen LogP contribution in [0.15, 0.2) is 54.6 Å². The van der Waals surface area contributed by atoms with E-state index in [-0.39, 0.29) is 5.91 Å². The Kier molecular flexibility index (Phi) is 5.03. The first kappa shape index (κ1) is 16.6. The molecular weight excluding hydrogens is 316 g/mol. The van der Waals surface area contributed by atoms with Crippen LogP contribution in [0, 0.1) is 6.92 Å². The maximum Gasteiger partial charge on any atom is 0.248 e. The lowest BCUT2D eigenvalue weighted by Crippen LogP contribution is -2.37. The summed E-state index contributed by atoms with van der Waals surface area (Å²) in [5, 5.41) is 17.6. The second-order valence-corrected chi connectivity index (χ2v) is 5.82. The molecule has 0 spiro atoms. The van der Waals surface area contributed by atoms with Gasteiger partial charge in [-0.3, -0.25) is 4.79 Å². The first-order valence-corrected chi connectivity index (χ1v) is 8.07. The van der Waals surface area contributed by atoms with Crippen molar-refractivity contribution in [1.29, 1.82) is 0 Å².